The van der Waals surface area contributed by atoms with Crippen molar-refractivity contribution in [2.24, 2.45) is 0 Å². The number of hydrogen-bond donors (Lipinski definition) is 2. The van der Waals surface area contributed by atoms with E-state index in [0.717, 1.165) is 17.7 Å². The first-order chi connectivity index (χ1) is 14.8. The number of anilines is 2. The van der Waals surface area contributed by atoms with Crippen molar-refractivity contribution in [3.63, 3.8) is 0 Å². The monoisotopic (exact) mass is 466 g/mol. The van der Waals surface area contributed by atoms with Gasteiger partial charge in [-0.25, -0.2) is 8.42 Å². The second-order valence-electron chi connectivity index (χ2n) is 8.45. The van der Waals surface area contributed by atoms with E-state index < -0.39 is 33.3 Å². The lowest BCUT2D eigenvalue weighted by molar-refractivity contribution is -0.137. The minimum Gasteiger partial charge on any atom is -0.487 e. The van der Waals surface area contributed by atoms with Gasteiger partial charge < -0.3 is 10.1 Å². The largest absolute Gasteiger partial charge is 0.487 e. The molecular weight excluding hydrogens is 445 g/mol. The Balaban J connectivity index is 1.61. The van der Waals surface area contributed by atoms with E-state index in [2.05, 4.69) is 10.0 Å². The van der Waals surface area contributed by atoms with Crippen molar-refractivity contribution in [2.75, 3.05) is 15.8 Å². The maximum atomic E-state index is 13.1. The first-order valence-corrected chi connectivity index (χ1v) is 11.5. The third-order valence-electron chi connectivity index (χ3n) is 5.25. The fraction of sp³-hybridized carbons (Fsp3) is 0.318. The lowest BCUT2D eigenvalue weighted by atomic mass is 9.88. The molecule has 4 rings (SSSR count). The molecule has 0 fully saturated rings. The van der Waals surface area contributed by atoms with Crippen molar-refractivity contribution in [1.82, 2.24) is 0 Å². The molecule has 10 heteroatoms. The standard InChI is InChI=1S/C22H21F3N2O4S/c1-21(2)12-14(17-6-4-15(22(23,24)25)10-19(17)31-21)9-20(28)26-16-5-3-13-7-8-32(29,30)27-18(13)11-16/h3-6,9-11,27H,7-8,12H2,1-2H3,(H,26,28)/b14-9+. The Labute approximate surface area is 183 Å². The summed E-state index contributed by atoms with van der Waals surface area (Å²) in [6.07, 6.45) is -2.47. The summed E-state index contributed by atoms with van der Waals surface area (Å²) in [7, 11) is -3.39. The first-order valence-electron chi connectivity index (χ1n) is 9.87. The smallest absolute Gasteiger partial charge is 0.416 e. The Bertz CT molecular complexity index is 1230. The number of fused-ring (bicyclic) bond motifs is 2. The Kier molecular flexibility index (Phi) is 5.23. The van der Waals surface area contributed by atoms with Gasteiger partial charge in [-0.2, -0.15) is 13.2 Å². The van der Waals surface area contributed by atoms with E-state index in [1.807, 2.05) is 0 Å². The van der Waals surface area contributed by atoms with Crippen molar-refractivity contribution >= 4 is 32.9 Å². The summed E-state index contributed by atoms with van der Waals surface area (Å²) < 4.78 is 71.0. The van der Waals surface area contributed by atoms with Crippen LogP contribution in [0.25, 0.3) is 5.57 Å². The third-order valence-corrected chi connectivity index (χ3v) is 6.52. The van der Waals surface area contributed by atoms with Gasteiger partial charge in [0.1, 0.15) is 11.4 Å². The highest BCUT2D eigenvalue weighted by Gasteiger charge is 2.35. The van der Waals surface area contributed by atoms with Crippen molar-refractivity contribution < 1.29 is 31.1 Å². The van der Waals surface area contributed by atoms with E-state index in [0.29, 0.717) is 35.4 Å². The zero-order valence-corrected chi connectivity index (χ0v) is 18.2. The quantitative estimate of drug-likeness (QED) is 0.635. The Morgan fingerprint density at radius 3 is 2.66 bits per heavy atom. The van der Waals surface area contributed by atoms with Gasteiger partial charge in [-0.15, -0.1) is 0 Å². The van der Waals surface area contributed by atoms with Crippen LogP contribution in [0.5, 0.6) is 5.75 Å². The highest BCUT2D eigenvalue weighted by molar-refractivity contribution is 7.92. The molecule has 0 unspecified atom stereocenters. The van der Waals surface area contributed by atoms with Crippen LogP contribution in [-0.4, -0.2) is 25.7 Å². The fourth-order valence-corrected chi connectivity index (χ4v) is 4.95. The molecule has 170 valence electrons. The van der Waals surface area contributed by atoms with Crippen LogP contribution in [0.2, 0.25) is 0 Å². The molecule has 0 saturated carbocycles. The number of carbonyl (C=O) groups is 1. The number of halogens is 3. The highest BCUT2D eigenvalue weighted by atomic mass is 32.2. The predicted octanol–water partition coefficient (Wildman–Crippen LogP) is 4.59. The summed E-state index contributed by atoms with van der Waals surface area (Å²) in [5, 5.41) is 2.69. The molecule has 0 atom stereocenters. The fourth-order valence-electron chi connectivity index (χ4n) is 3.83. The molecule has 2 N–H and O–H groups in total. The van der Waals surface area contributed by atoms with Crippen LogP contribution in [0.4, 0.5) is 24.5 Å². The van der Waals surface area contributed by atoms with Gasteiger partial charge in [-0.05, 0) is 55.7 Å². The SMILES string of the molecule is CC1(C)C/C(=C\C(=O)Nc2ccc3c(c2)NS(=O)(=O)CC3)c2ccc(C(F)(F)F)cc2O1. The van der Waals surface area contributed by atoms with Crippen LogP contribution < -0.4 is 14.8 Å². The Morgan fingerprint density at radius 2 is 1.94 bits per heavy atom. The van der Waals surface area contributed by atoms with Crippen LogP contribution in [0.3, 0.4) is 0 Å². The lowest BCUT2D eigenvalue weighted by Crippen LogP contribution is -2.32. The highest BCUT2D eigenvalue weighted by Crippen LogP contribution is 2.43. The average molecular weight is 466 g/mol. The number of carbonyl (C=O) groups excluding carboxylic acids is 1. The molecule has 2 heterocycles. The van der Waals surface area contributed by atoms with Crippen molar-refractivity contribution in [1.29, 1.82) is 0 Å². The number of sulfonamides is 1. The number of hydrogen-bond acceptors (Lipinski definition) is 4. The third kappa shape index (κ3) is 4.74. The molecule has 6 nitrogen and oxygen atoms in total. The van der Waals surface area contributed by atoms with E-state index >= 15 is 0 Å². The predicted molar refractivity (Wildman–Crippen MR) is 115 cm³/mol. The minimum atomic E-state index is -4.50. The van der Waals surface area contributed by atoms with Crippen LogP contribution in [0.1, 0.15) is 37.0 Å². The van der Waals surface area contributed by atoms with Gasteiger partial charge in [-0.3, -0.25) is 9.52 Å². The summed E-state index contributed by atoms with van der Waals surface area (Å²) >= 11 is 0. The summed E-state index contributed by atoms with van der Waals surface area (Å²) in [6.45, 7) is 3.47. The minimum absolute atomic E-state index is 0.00508. The molecule has 2 aliphatic rings. The van der Waals surface area contributed by atoms with Crippen LogP contribution in [-0.2, 0) is 27.4 Å². The van der Waals surface area contributed by atoms with Gasteiger partial charge in [-0.1, -0.05) is 12.1 Å². The van der Waals surface area contributed by atoms with E-state index in [4.69, 9.17) is 4.74 Å². The molecule has 0 radical (unpaired) electrons. The Morgan fingerprint density at radius 1 is 1.19 bits per heavy atom. The molecule has 2 aliphatic heterocycles. The molecule has 32 heavy (non-hydrogen) atoms. The van der Waals surface area contributed by atoms with Gasteiger partial charge in [0.2, 0.25) is 15.9 Å². The van der Waals surface area contributed by atoms with Gasteiger partial charge >= 0.3 is 6.18 Å². The molecule has 2 aromatic rings. The number of nitrogens with one attached hydrogen (secondary N) is 2. The zero-order valence-electron chi connectivity index (χ0n) is 17.3. The van der Waals surface area contributed by atoms with Gasteiger partial charge in [0, 0.05) is 23.7 Å². The van der Waals surface area contributed by atoms with Crippen molar-refractivity contribution in [3.8, 4) is 5.75 Å². The van der Waals surface area contributed by atoms with Crippen LogP contribution in [0.15, 0.2) is 42.5 Å². The van der Waals surface area contributed by atoms with Gasteiger partial charge in [0.25, 0.3) is 0 Å². The molecule has 0 bridgehead atoms. The topological polar surface area (TPSA) is 84.5 Å². The summed E-state index contributed by atoms with van der Waals surface area (Å²) in [5.74, 6) is -0.411. The number of aryl methyl sites for hydroxylation is 1. The van der Waals surface area contributed by atoms with Crippen molar-refractivity contribution in [3.05, 3.63) is 59.2 Å². The first kappa shape index (κ1) is 22.2. The second kappa shape index (κ2) is 7.54. The molecular formula is C22H21F3N2O4S. The molecule has 1 amide bonds. The average Bonchev–Trinajstić information content (AvgIpc) is 2.64. The number of benzene rings is 2. The maximum Gasteiger partial charge on any atom is 0.416 e. The molecule has 0 spiro atoms. The molecule has 2 aromatic carbocycles. The second-order valence-corrected chi connectivity index (χ2v) is 10.3. The van der Waals surface area contributed by atoms with E-state index in [1.54, 1.807) is 32.0 Å². The van der Waals surface area contributed by atoms with Crippen molar-refractivity contribution in [2.45, 2.75) is 38.5 Å². The van der Waals surface area contributed by atoms with Gasteiger partial charge in [0.15, 0.2) is 0 Å². The Hall–Kier alpha value is -3.01. The number of amides is 1. The maximum absolute atomic E-state index is 13.1. The van der Waals surface area contributed by atoms with E-state index in [9.17, 15) is 26.4 Å². The molecule has 0 aliphatic carbocycles. The van der Waals surface area contributed by atoms with E-state index in [1.165, 1.54) is 12.1 Å². The number of alkyl halides is 3. The van der Waals surface area contributed by atoms with Crippen LogP contribution >= 0.6 is 0 Å². The molecule has 0 saturated heterocycles. The van der Waals surface area contributed by atoms with E-state index in [-0.39, 0.29) is 11.5 Å². The zero-order chi connectivity index (χ0) is 23.3. The number of rotatable bonds is 2. The summed E-state index contributed by atoms with van der Waals surface area (Å²) in [5.41, 5.74) is 0.985. The number of ether oxygens (including phenoxy) is 1. The van der Waals surface area contributed by atoms with Crippen LogP contribution in [0, 0.1) is 0 Å². The lowest BCUT2D eigenvalue weighted by Gasteiger charge is -2.34. The summed E-state index contributed by atoms with van der Waals surface area (Å²) in [6, 6.07) is 8.16. The molecule has 0 aromatic heterocycles. The normalized spacial score (nSPS) is 19.8. The van der Waals surface area contributed by atoms with Gasteiger partial charge in [0.05, 0.1) is 17.0 Å². The summed E-state index contributed by atoms with van der Waals surface area (Å²) in [4.78, 5) is 12.7.